The van der Waals surface area contributed by atoms with Gasteiger partial charge in [-0.25, -0.2) is 0 Å². The molecule has 0 spiro atoms. The van der Waals surface area contributed by atoms with Crippen LogP contribution in [0, 0.1) is 0 Å². The maximum atomic E-state index is 11.9. The minimum Gasteiger partial charge on any atom is -0.468 e. The van der Waals surface area contributed by atoms with Crippen LogP contribution in [-0.4, -0.2) is 30.6 Å². The van der Waals surface area contributed by atoms with Gasteiger partial charge >= 0.3 is 5.97 Å². The second-order valence-electron chi connectivity index (χ2n) is 4.64. The Morgan fingerprint density at radius 1 is 1.42 bits per heavy atom. The summed E-state index contributed by atoms with van der Waals surface area (Å²) < 4.78 is 4.88. The molecule has 0 amide bonds. The molecule has 0 bridgehead atoms. The molecule has 1 aromatic carbocycles. The number of fused-ring (bicyclic) bond motifs is 1. The second-order valence-corrected chi connectivity index (χ2v) is 4.64. The summed E-state index contributed by atoms with van der Waals surface area (Å²) in [5.41, 5.74) is 2.22. The van der Waals surface area contributed by atoms with Gasteiger partial charge in [-0.1, -0.05) is 32.0 Å². The molecular weight excluding hydrogens is 240 g/mol. The van der Waals surface area contributed by atoms with Crippen LogP contribution in [0.1, 0.15) is 25.3 Å². The summed E-state index contributed by atoms with van der Waals surface area (Å²) in [6.45, 7) is 4.75. The molecule has 0 radical (unpaired) electrons. The SMILES string of the molecule is CCN[C@H](C(=O)OC)C(C)c1c[nH]c2ccccc12. The van der Waals surface area contributed by atoms with Crippen molar-refractivity contribution in [2.75, 3.05) is 13.7 Å². The summed E-state index contributed by atoms with van der Waals surface area (Å²) in [6, 6.07) is 7.78. The van der Waals surface area contributed by atoms with Crippen LogP contribution in [0.3, 0.4) is 0 Å². The Bertz CT molecular complexity index is 562. The number of likely N-dealkylation sites (N-methyl/N-ethyl adjacent to an activating group) is 1. The van der Waals surface area contributed by atoms with E-state index in [2.05, 4.69) is 16.4 Å². The van der Waals surface area contributed by atoms with E-state index < -0.39 is 0 Å². The van der Waals surface area contributed by atoms with E-state index in [9.17, 15) is 4.79 Å². The maximum absolute atomic E-state index is 11.9. The van der Waals surface area contributed by atoms with Gasteiger partial charge in [-0.2, -0.15) is 0 Å². The van der Waals surface area contributed by atoms with Gasteiger partial charge in [0.05, 0.1) is 7.11 Å². The molecule has 1 aromatic heterocycles. The van der Waals surface area contributed by atoms with E-state index >= 15 is 0 Å². The van der Waals surface area contributed by atoms with Crippen molar-refractivity contribution in [3.05, 3.63) is 36.0 Å². The highest BCUT2D eigenvalue weighted by molar-refractivity contribution is 5.85. The third-order valence-electron chi connectivity index (χ3n) is 3.49. The lowest BCUT2D eigenvalue weighted by Crippen LogP contribution is -2.41. The van der Waals surface area contributed by atoms with Crippen LogP contribution in [0.2, 0.25) is 0 Å². The Kier molecular flexibility index (Phi) is 4.22. The summed E-state index contributed by atoms with van der Waals surface area (Å²) in [6.07, 6.45) is 1.97. The number of aromatic amines is 1. The summed E-state index contributed by atoms with van der Waals surface area (Å²) in [4.78, 5) is 15.1. The predicted octanol–water partition coefficient (Wildman–Crippen LogP) is 2.42. The molecule has 0 saturated heterocycles. The van der Waals surface area contributed by atoms with Crippen molar-refractivity contribution in [3.8, 4) is 0 Å². The minimum atomic E-state index is -0.325. The molecule has 2 atom stereocenters. The number of ether oxygens (including phenoxy) is 1. The van der Waals surface area contributed by atoms with E-state index in [4.69, 9.17) is 4.74 Å². The van der Waals surface area contributed by atoms with E-state index in [0.29, 0.717) is 0 Å². The van der Waals surface area contributed by atoms with Gasteiger partial charge in [0.15, 0.2) is 0 Å². The van der Waals surface area contributed by atoms with Crippen LogP contribution < -0.4 is 5.32 Å². The van der Waals surface area contributed by atoms with Crippen LogP contribution in [0.15, 0.2) is 30.5 Å². The number of methoxy groups -OCH3 is 1. The molecule has 0 aliphatic heterocycles. The van der Waals surface area contributed by atoms with Gasteiger partial charge in [-0.3, -0.25) is 4.79 Å². The zero-order chi connectivity index (χ0) is 13.8. The van der Waals surface area contributed by atoms with E-state index in [1.165, 1.54) is 7.11 Å². The fraction of sp³-hybridized carbons (Fsp3) is 0.400. The van der Waals surface area contributed by atoms with Crippen molar-refractivity contribution < 1.29 is 9.53 Å². The third-order valence-corrected chi connectivity index (χ3v) is 3.49. The van der Waals surface area contributed by atoms with E-state index in [0.717, 1.165) is 23.0 Å². The number of rotatable bonds is 5. The highest BCUT2D eigenvalue weighted by Gasteiger charge is 2.27. The molecule has 2 N–H and O–H groups in total. The summed E-state index contributed by atoms with van der Waals surface area (Å²) in [5, 5.41) is 4.35. The number of aromatic nitrogens is 1. The molecule has 4 heteroatoms. The molecule has 0 fully saturated rings. The van der Waals surface area contributed by atoms with Crippen LogP contribution >= 0.6 is 0 Å². The Hall–Kier alpha value is -1.81. The summed E-state index contributed by atoms with van der Waals surface area (Å²) in [7, 11) is 1.43. The lowest BCUT2D eigenvalue weighted by molar-refractivity contribution is -0.143. The minimum absolute atomic E-state index is 0.0450. The molecule has 0 aliphatic carbocycles. The number of para-hydroxylation sites is 1. The number of benzene rings is 1. The van der Waals surface area contributed by atoms with Gasteiger partial charge in [0.2, 0.25) is 0 Å². The molecule has 0 saturated carbocycles. The highest BCUT2D eigenvalue weighted by Crippen LogP contribution is 2.28. The van der Waals surface area contributed by atoms with E-state index in [1.807, 2.05) is 38.2 Å². The van der Waals surface area contributed by atoms with Crippen molar-refractivity contribution in [2.24, 2.45) is 0 Å². The fourth-order valence-electron chi connectivity index (χ4n) is 2.46. The quantitative estimate of drug-likeness (QED) is 0.812. The molecule has 0 aliphatic rings. The Labute approximate surface area is 113 Å². The van der Waals surface area contributed by atoms with Gasteiger partial charge in [-0.15, -0.1) is 0 Å². The number of H-pyrrole nitrogens is 1. The lowest BCUT2D eigenvalue weighted by atomic mass is 9.93. The zero-order valence-electron chi connectivity index (χ0n) is 11.6. The smallest absolute Gasteiger partial charge is 0.323 e. The Morgan fingerprint density at radius 2 is 2.16 bits per heavy atom. The molecule has 2 rings (SSSR count). The first-order valence-electron chi connectivity index (χ1n) is 6.56. The first kappa shape index (κ1) is 13.6. The van der Waals surface area contributed by atoms with Crippen LogP contribution in [0.4, 0.5) is 0 Å². The van der Waals surface area contributed by atoms with Gasteiger partial charge in [0.1, 0.15) is 6.04 Å². The monoisotopic (exact) mass is 260 g/mol. The molecule has 102 valence electrons. The average Bonchev–Trinajstić information content (AvgIpc) is 2.87. The summed E-state index contributed by atoms with van der Waals surface area (Å²) >= 11 is 0. The lowest BCUT2D eigenvalue weighted by Gasteiger charge is -2.22. The van der Waals surface area contributed by atoms with Crippen molar-refractivity contribution >= 4 is 16.9 Å². The molecule has 1 unspecified atom stereocenters. The summed E-state index contributed by atoms with van der Waals surface area (Å²) in [5.74, 6) is -0.178. The van der Waals surface area contributed by atoms with Crippen molar-refractivity contribution in [1.29, 1.82) is 0 Å². The van der Waals surface area contributed by atoms with Gasteiger partial charge in [0, 0.05) is 23.0 Å². The second kappa shape index (κ2) is 5.89. The number of hydrogen-bond acceptors (Lipinski definition) is 3. The van der Waals surface area contributed by atoms with Crippen molar-refractivity contribution in [3.63, 3.8) is 0 Å². The van der Waals surface area contributed by atoms with E-state index in [1.54, 1.807) is 0 Å². The standard InChI is InChI=1S/C15H20N2O2/c1-4-16-14(15(18)19-3)10(2)12-9-17-13-8-6-5-7-11(12)13/h5-10,14,16-17H,4H2,1-3H3/t10?,14-/m0/s1. The third kappa shape index (κ3) is 2.63. The molecule has 19 heavy (non-hydrogen) atoms. The van der Waals surface area contributed by atoms with Crippen LogP contribution in [0.25, 0.3) is 10.9 Å². The first-order chi connectivity index (χ1) is 9.19. The van der Waals surface area contributed by atoms with Crippen LogP contribution in [-0.2, 0) is 9.53 Å². The fourth-order valence-corrected chi connectivity index (χ4v) is 2.46. The van der Waals surface area contributed by atoms with Gasteiger partial charge in [-0.05, 0) is 18.2 Å². The first-order valence-corrected chi connectivity index (χ1v) is 6.56. The zero-order valence-corrected chi connectivity index (χ0v) is 11.6. The van der Waals surface area contributed by atoms with E-state index in [-0.39, 0.29) is 17.9 Å². The normalized spacial score (nSPS) is 14.3. The number of esters is 1. The highest BCUT2D eigenvalue weighted by atomic mass is 16.5. The number of nitrogens with one attached hydrogen (secondary N) is 2. The Morgan fingerprint density at radius 3 is 2.84 bits per heavy atom. The van der Waals surface area contributed by atoms with Crippen LogP contribution in [0.5, 0.6) is 0 Å². The average molecular weight is 260 g/mol. The Balaban J connectivity index is 2.35. The number of carbonyl (C=O) groups excluding carboxylic acids is 1. The van der Waals surface area contributed by atoms with Crippen molar-refractivity contribution in [2.45, 2.75) is 25.8 Å². The molecule has 1 heterocycles. The maximum Gasteiger partial charge on any atom is 0.323 e. The molecule has 4 nitrogen and oxygen atoms in total. The topological polar surface area (TPSA) is 54.1 Å². The number of hydrogen-bond donors (Lipinski definition) is 2. The van der Waals surface area contributed by atoms with Gasteiger partial charge in [0.25, 0.3) is 0 Å². The number of carbonyl (C=O) groups is 1. The molecular formula is C15H20N2O2. The van der Waals surface area contributed by atoms with Gasteiger partial charge < -0.3 is 15.0 Å². The largest absolute Gasteiger partial charge is 0.468 e. The predicted molar refractivity (Wildman–Crippen MR) is 76.2 cm³/mol. The molecule has 2 aromatic rings. The van der Waals surface area contributed by atoms with Crippen molar-refractivity contribution in [1.82, 2.24) is 10.3 Å².